The molecule has 0 bridgehead atoms. The van der Waals surface area contributed by atoms with Crippen molar-refractivity contribution in [3.63, 3.8) is 0 Å². The molecule has 7 heteroatoms. The second kappa shape index (κ2) is 13.7. The van der Waals surface area contributed by atoms with Gasteiger partial charge in [-0.2, -0.15) is 0 Å². The van der Waals surface area contributed by atoms with Gasteiger partial charge >= 0.3 is 301 Å². The van der Waals surface area contributed by atoms with Gasteiger partial charge in [0.15, 0.2) is 0 Å². The fourth-order valence-electron chi connectivity index (χ4n) is 7.61. The van der Waals surface area contributed by atoms with Crippen molar-refractivity contribution in [1.82, 2.24) is 8.75 Å². The van der Waals surface area contributed by atoms with Crippen LogP contribution in [0.3, 0.4) is 0 Å². The van der Waals surface area contributed by atoms with Crippen LogP contribution in [0.15, 0.2) is 48.5 Å². The molecule has 0 spiro atoms. The van der Waals surface area contributed by atoms with Crippen molar-refractivity contribution in [1.29, 1.82) is 0 Å². The van der Waals surface area contributed by atoms with Gasteiger partial charge in [0.05, 0.1) is 0 Å². The summed E-state index contributed by atoms with van der Waals surface area (Å²) in [5, 5.41) is 0. The van der Waals surface area contributed by atoms with Crippen LogP contribution in [0.25, 0.3) is 49.4 Å². The van der Waals surface area contributed by atoms with Crippen LogP contribution < -0.4 is 0 Å². The average molecular weight is 795 g/mol. The molecule has 5 aromatic heterocycles. The molecule has 0 saturated carbocycles. The van der Waals surface area contributed by atoms with Crippen molar-refractivity contribution in [2.45, 2.75) is 98.3 Å². The summed E-state index contributed by atoms with van der Waals surface area (Å²) in [5.74, 6) is 1.42. The summed E-state index contributed by atoms with van der Waals surface area (Å²) in [6.07, 6.45) is 10.4. The quantitative estimate of drug-likeness (QED) is 0.109. The Hall–Kier alpha value is -1.56. The minimum absolute atomic E-state index is 0.112. The number of hydrogen-bond acceptors (Lipinski definition) is 5. The molecule has 6 aromatic rings. The molecule has 7 rings (SSSR count). The number of benzene rings is 1. The van der Waals surface area contributed by atoms with E-state index in [2.05, 4.69) is 117 Å². The molecule has 0 unspecified atom stereocenters. The first kappa shape index (κ1) is 33.0. The summed E-state index contributed by atoms with van der Waals surface area (Å²) in [7, 11) is 0. The Labute approximate surface area is 299 Å². The van der Waals surface area contributed by atoms with E-state index in [9.17, 15) is 0 Å². The molecule has 0 saturated heterocycles. The normalized spacial score (nSPS) is 15.0. The number of unbranched alkanes of at least 4 members (excludes halogenated alkanes) is 2. The molecular weight excluding hydrogens is 751 g/mol. The number of aryl methyl sites for hydroxylation is 2. The molecule has 2 atom stereocenters. The van der Waals surface area contributed by atoms with E-state index >= 15 is 0 Å². The van der Waals surface area contributed by atoms with Gasteiger partial charge in [-0.25, -0.2) is 0 Å². The molecule has 1 aliphatic carbocycles. The van der Waals surface area contributed by atoms with Crippen molar-refractivity contribution >= 4 is 74.4 Å². The van der Waals surface area contributed by atoms with Crippen molar-refractivity contribution in [2.24, 2.45) is 11.8 Å². The zero-order chi connectivity index (χ0) is 32.0. The van der Waals surface area contributed by atoms with Crippen LogP contribution >= 0.6 is 34.4 Å². The molecule has 0 aliphatic heterocycles. The van der Waals surface area contributed by atoms with Crippen LogP contribution in [0.5, 0.6) is 0 Å². The number of fused-ring (bicyclic) bond motifs is 4. The van der Waals surface area contributed by atoms with Crippen LogP contribution in [0.1, 0.15) is 100 Å². The first-order valence-electron chi connectivity index (χ1n) is 17.0. The molecule has 1 aromatic carbocycles. The summed E-state index contributed by atoms with van der Waals surface area (Å²) >= 11 is 6.23. The number of nitrogens with zero attached hydrogens (tertiary/aromatic N) is 2. The number of rotatable bonds is 13. The van der Waals surface area contributed by atoms with Gasteiger partial charge in [0.25, 0.3) is 0 Å². The Morgan fingerprint density at radius 1 is 0.696 bits per heavy atom. The third-order valence-corrected chi connectivity index (χ3v) is 18.1. The summed E-state index contributed by atoms with van der Waals surface area (Å²) in [4.78, 5) is 6.18. The van der Waals surface area contributed by atoms with E-state index in [0.29, 0.717) is 26.3 Å². The van der Waals surface area contributed by atoms with Crippen molar-refractivity contribution in [3.8, 4) is 38.4 Å². The number of aromatic nitrogens is 2. The van der Waals surface area contributed by atoms with Crippen molar-refractivity contribution in [2.75, 3.05) is 0 Å². The van der Waals surface area contributed by atoms with Crippen LogP contribution in [-0.2, 0) is 5.41 Å². The van der Waals surface area contributed by atoms with Crippen LogP contribution in [0.4, 0.5) is 0 Å². The van der Waals surface area contributed by atoms with E-state index in [4.69, 9.17) is 4.37 Å². The van der Waals surface area contributed by atoms with E-state index in [-0.39, 0.29) is 19.9 Å². The molecule has 0 amide bonds. The maximum absolute atomic E-state index is 4.72. The van der Waals surface area contributed by atoms with Gasteiger partial charge in [-0.05, 0) is 0 Å². The van der Waals surface area contributed by atoms with Crippen LogP contribution in [-0.4, -0.2) is 37.8 Å². The Balaban J connectivity index is 1.35. The molecule has 5 heterocycles. The summed E-state index contributed by atoms with van der Waals surface area (Å²) in [5.41, 5.74) is 8.05. The second-order valence-electron chi connectivity index (χ2n) is 13.7. The van der Waals surface area contributed by atoms with E-state index in [1.165, 1.54) is 92.9 Å². The van der Waals surface area contributed by atoms with E-state index in [1.54, 1.807) is 29.8 Å². The summed E-state index contributed by atoms with van der Waals surface area (Å²) < 4.78 is 15.4. The third-order valence-electron chi connectivity index (χ3n) is 9.91. The number of hydrogen-bond donors (Lipinski definition) is 0. The fourth-order valence-corrected chi connectivity index (χ4v) is 15.3. The van der Waals surface area contributed by atoms with E-state index in [1.807, 2.05) is 0 Å². The van der Waals surface area contributed by atoms with Crippen molar-refractivity contribution < 1.29 is 0 Å². The second-order valence-corrected chi connectivity index (χ2v) is 21.3. The first-order chi connectivity index (χ1) is 22.3. The van der Waals surface area contributed by atoms with Gasteiger partial charge in [-0.1, -0.05) is 0 Å². The topological polar surface area (TPSA) is 25.8 Å². The van der Waals surface area contributed by atoms with E-state index in [0.717, 1.165) is 11.0 Å². The molecule has 240 valence electrons. The maximum atomic E-state index is 4.72. The summed E-state index contributed by atoms with van der Waals surface area (Å²) in [6.45, 7) is 14.2. The Morgan fingerprint density at radius 3 is 1.85 bits per heavy atom. The van der Waals surface area contributed by atoms with Gasteiger partial charge in [-0.15, -0.1) is 0 Å². The summed E-state index contributed by atoms with van der Waals surface area (Å²) in [6, 6.07) is 19.4. The average Bonchev–Trinajstić information content (AvgIpc) is 3.87. The SMILES string of the molecule is CCCC[C@@H](C)CC1(C[C@H](C)CCCC)c2cc(-c3ccc(C)[se]3)sc2-c2sc(-c3ccc(-c4ccc(C)c5nsnc45)[se]3)cc21. The van der Waals surface area contributed by atoms with Crippen molar-refractivity contribution in [3.05, 3.63) is 69.7 Å². The Bertz CT molecular complexity index is 1950. The first-order valence-corrected chi connectivity index (χ1v) is 22.8. The zero-order valence-corrected chi connectivity index (χ0v) is 33.7. The predicted octanol–water partition coefficient (Wildman–Crippen LogP) is 12.2. The molecule has 0 fully saturated rings. The van der Waals surface area contributed by atoms with Gasteiger partial charge in [0.1, 0.15) is 0 Å². The van der Waals surface area contributed by atoms with Gasteiger partial charge in [0, 0.05) is 0 Å². The minimum atomic E-state index is 0.112. The molecule has 0 radical (unpaired) electrons. The standard InChI is InChI=1S/C39H44N2S3Se2/c1-7-9-11-23(3)21-39(22-24(4)12-10-8-2)28-19-30(33-16-14-26(6)45-33)42-37(28)38-29(39)20-31(43-38)34-18-17-32(46-34)27-15-13-25(5)35-36(27)41-44-40-35/h13-20,23-24H,7-12,21-22H2,1-6H3/t23-,24-/m1/s1. The Morgan fingerprint density at radius 2 is 1.26 bits per heavy atom. The zero-order valence-electron chi connectivity index (χ0n) is 27.9. The van der Waals surface area contributed by atoms with E-state index < -0.39 is 0 Å². The van der Waals surface area contributed by atoms with Gasteiger partial charge in [-0.3, -0.25) is 0 Å². The van der Waals surface area contributed by atoms with Crippen LogP contribution in [0, 0.1) is 25.7 Å². The third kappa shape index (κ3) is 6.08. The molecule has 1 aliphatic rings. The predicted molar refractivity (Wildman–Crippen MR) is 206 cm³/mol. The van der Waals surface area contributed by atoms with Crippen LogP contribution in [0.2, 0.25) is 0 Å². The molecular formula is C39H44N2S3Se2. The van der Waals surface area contributed by atoms with Gasteiger partial charge < -0.3 is 0 Å². The molecule has 46 heavy (non-hydrogen) atoms. The molecule has 2 nitrogen and oxygen atoms in total. The molecule has 0 N–H and O–H groups in total. The van der Waals surface area contributed by atoms with Gasteiger partial charge in [0.2, 0.25) is 0 Å². The Kier molecular flexibility index (Phi) is 9.85. The number of thiophene rings is 2. The fraction of sp³-hybridized carbons (Fsp3) is 0.436. The monoisotopic (exact) mass is 796 g/mol.